The molecule has 0 radical (unpaired) electrons. The Labute approximate surface area is 156 Å². The van der Waals surface area contributed by atoms with Gasteiger partial charge in [-0.05, 0) is 67.3 Å². The van der Waals surface area contributed by atoms with Gasteiger partial charge in [0.1, 0.15) is 5.75 Å². The van der Waals surface area contributed by atoms with E-state index in [0.717, 1.165) is 19.5 Å². The number of carbonyl (C=O) groups is 1. The van der Waals surface area contributed by atoms with E-state index >= 15 is 0 Å². The molecule has 26 heavy (non-hydrogen) atoms. The standard InChI is InChI=1S/C23H27NO2/c1-18(25)26-22-9-5-8-20(16-22)23-12-10-21(17-23)24(15-13-23)14-11-19-6-3-2-4-7-19/h2-9,16,21H,10-15,17H2,1H3. The van der Waals surface area contributed by atoms with Gasteiger partial charge in [0.05, 0.1) is 0 Å². The predicted molar refractivity (Wildman–Crippen MR) is 103 cm³/mol. The summed E-state index contributed by atoms with van der Waals surface area (Å²) in [6, 6.07) is 19.7. The lowest BCUT2D eigenvalue weighted by Crippen LogP contribution is -2.44. The number of ether oxygens (including phenoxy) is 1. The average Bonchev–Trinajstić information content (AvgIpc) is 3.01. The summed E-state index contributed by atoms with van der Waals surface area (Å²) < 4.78 is 5.31. The maximum absolute atomic E-state index is 11.3. The van der Waals surface area contributed by atoms with E-state index in [4.69, 9.17) is 4.74 Å². The molecule has 2 fully saturated rings. The maximum Gasteiger partial charge on any atom is 0.308 e. The molecule has 1 aliphatic heterocycles. The zero-order chi connectivity index (χ0) is 18.0. The molecule has 136 valence electrons. The van der Waals surface area contributed by atoms with Crippen LogP contribution in [0.5, 0.6) is 5.75 Å². The van der Waals surface area contributed by atoms with Crippen molar-refractivity contribution in [2.75, 3.05) is 13.1 Å². The van der Waals surface area contributed by atoms with Crippen molar-refractivity contribution in [3.05, 3.63) is 65.7 Å². The van der Waals surface area contributed by atoms with Crippen molar-refractivity contribution < 1.29 is 9.53 Å². The molecular weight excluding hydrogens is 322 g/mol. The molecule has 0 amide bonds. The van der Waals surface area contributed by atoms with E-state index in [1.807, 2.05) is 12.1 Å². The van der Waals surface area contributed by atoms with Gasteiger partial charge < -0.3 is 4.74 Å². The van der Waals surface area contributed by atoms with E-state index in [9.17, 15) is 4.79 Å². The summed E-state index contributed by atoms with van der Waals surface area (Å²) in [6.45, 7) is 3.77. The molecule has 2 aromatic carbocycles. The molecule has 2 aromatic rings. The molecule has 3 heteroatoms. The second-order valence-electron chi connectivity index (χ2n) is 7.82. The highest BCUT2D eigenvalue weighted by molar-refractivity contribution is 5.69. The molecule has 2 atom stereocenters. The lowest BCUT2D eigenvalue weighted by Gasteiger charge is -2.40. The molecule has 2 aliphatic rings. The van der Waals surface area contributed by atoms with Gasteiger partial charge in [0.15, 0.2) is 0 Å². The van der Waals surface area contributed by atoms with Gasteiger partial charge in [-0.15, -0.1) is 0 Å². The van der Waals surface area contributed by atoms with Gasteiger partial charge in [-0.2, -0.15) is 0 Å². The molecule has 1 heterocycles. The Bertz CT molecular complexity index is 773. The fourth-order valence-electron chi connectivity index (χ4n) is 4.85. The molecule has 3 nitrogen and oxygen atoms in total. The molecule has 0 N–H and O–H groups in total. The summed E-state index contributed by atoms with van der Waals surface area (Å²) in [5.41, 5.74) is 3.04. The average molecular weight is 349 g/mol. The van der Waals surface area contributed by atoms with Crippen molar-refractivity contribution in [1.29, 1.82) is 0 Å². The molecule has 1 saturated heterocycles. The van der Waals surface area contributed by atoms with E-state index < -0.39 is 0 Å². The number of likely N-dealkylation sites (tertiary alicyclic amines) is 1. The van der Waals surface area contributed by atoms with Gasteiger partial charge in [0.25, 0.3) is 0 Å². The Morgan fingerprint density at radius 2 is 2.00 bits per heavy atom. The number of nitrogens with zero attached hydrogens (tertiary/aromatic N) is 1. The summed E-state index contributed by atoms with van der Waals surface area (Å²) >= 11 is 0. The number of esters is 1. The van der Waals surface area contributed by atoms with Crippen LogP contribution < -0.4 is 4.74 Å². The van der Waals surface area contributed by atoms with Crippen LogP contribution in [-0.4, -0.2) is 30.0 Å². The minimum atomic E-state index is -0.250. The first-order chi connectivity index (χ1) is 12.6. The van der Waals surface area contributed by atoms with Gasteiger partial charge in [-0.1, -0.05) is 42.5 Å². The van der Waals surface area contributed by atoms with Crippen molar-refractivity contribution in [2.45, 2.75) is 50.5 Å². The lowest BCUT2D eigenvalue weighted by molar-refractivity contribution is -0.131. The largest absolute Gasteiger partial charge is 0.427 e. The van der Waals surface area contributed by atoms with Crippen molar-refractivity contribution in [1.82, 2.24) is 4.90 Å². The Morgan fingerprint density at radius 1 is 1.15 bits per heavy atom. The van der Waals surface area contributed by atoms with Crippen molar-refractivity contribution in [3.8, 4) is 5.75 Å². The monoisotopic (exact) mass is 349 g/mol. The third kappa shape index (κ3) is 3.54. The third-order valence-corrected chi connectivity index (χ3v) is 6.21. The van der Waals surface area contributed by atoms with Crippen LogP contribution in [0.15, 0.2) is 54.6 Å². The SMILES string of the molecule is CC(=O)Oc1cccc(C23CCC(C2)N(CCc2ccccc2)CC3)c1. The van der Waals surface area contributed by atoms with E-state index in [-0.39, 0.29) is 11.4 Å². The molecular formula is C23H27NO2. The normalized spacial score (nSPS) is 25.2. The first-order valence-electron chi connectivity index (χ1n) is 9.72. The number of benzene rings is 2. The van der Waals surface area contributed by atoms with Crippen LogP contribution in [-0.2, 0) is 16.6 Å². The highest BCUT2D eigenvalue weighted by atomic mass is 16.5. The smallest absolute Gasteiger partial charge is 0.308 e. The van der Waals surface area contributed by atoms with Gasteiger partial charge >= 0.3 is 5.97 Å². The second kappa shape index (κ2) is 7.24. The van der Waals surface area contributed by atoms with Crippen LogP contribution in [0.3, 0.4) is 0 Å². The number of carbonyl (C=O) groups excluding carboxylic acids is 1. The maximum atomic E-state index is 11.3. The number of piperidine rings is 1. The summed E-state index contributed by atoms with van der Waals surface area (Å²) in [6.07, 6.45) is 6.06. The number of fused-ring (bicyclic) bond motifs is 2. The quantitative estimate of drug-likeness (QED) is 0.594. The zero-order valence-electron chi connectivity index (χ0n) is 15.5. The molecule has 1 saturated carbocycles. The molecule has 1 aliphatic carbocycles. The van der Waals surface area contributed by atoms with Crippen LogP contribution in [0, 0.1) is 0 Å². The molecule has 0 spiro atoms. The molecule has 0 aromatic heterocycles. The first kappa shape index (κ1) is 17.3. The third-order valence-electron chi connectivity index (χ3n) is 6.21. The van der Waals surface area contributed by atoms with Crippen LogP contribution in [0.1, 0.15) is 43.7 Å². The zero-order valence-corrected chi connectivity index (χ0v) is 15.5. The molecule has 4 rings (SSSR count). The Balaban J connectivity index is 1.43. The van der Waals surface area contributed by atoms with Gasteiger partial charge in [0, 0.05) is 19.5 Å². The van der Waals surface area contributed by atoms with Crippen molar-refractivity contribution in [2.24, 2.45) is 0 Å². The van der Waals surface area contributed by atoms with Crippen LogP contribution >= 0.6 is 0 Å². The minimum Gasteiger partial charge on any atom is -0.427 e. The van der Waals surface area contributed by atoms with E-state index in [2.05, 4.69) is 47.4 Å². The fourth-order valence-corrected chi connectivity index (χ4v) is 4.85. The first-order valence-corrected chi connectivity index (χ1v) is 9.72. The number of hydrogen-bond acceptors (Lipinski definition) is 3. The van der Waals surface area contributed by atoms with Gasteiger partial charge in [-0.3, -0.25) is 9.69 Å². The highest BCUT2D eigenvalue weighted by Gasteiger charge is 2.46. The lowest BCUT2D eigenvalue weighted by atomic mass is 9.74. The highest BCUT2D eigenvalue weighted by Crippen LogP contribution is 2.49. The Morgan fingerprint density at radius 3 is 2.81 bits per heavy atom. The molecule has 2 unspecified atom stereocenters. The van der Waals surface area contributed by atoms with Gasteiger partial charge in [0.2, 0.25) is 0 Å². The second-order valence-corrected chi connectivity index (χ2v) is 7.82. The fraction of sp³-hybridized carbons (Fsp3) is 0.435. The van der Waals surface area contributed by atoms with E-state index in [1.165, 1.54) is 43.7 Å². The minimum absolute atomic E-state index is 0.250. The molecule has 2 bridgehead atoms. The Hall–Kier alpha value is -2.13. The van der Waals surface area contributed by atoms with Crippen LogP contribution in [0.25, 0.3) is 0 Å². The topological polar surface area (TPSA) is 29.5 Å². The summed E-state index contributed by atoms with van der Waals surface area (Å²) in [5.74, 6) is 0.430. The Kier molecular flexibility index (Phi) is 4.82. The summed E-state index contributed by atoms with van der Waals surface area (Å²) in [5, 5.41) is 0. The number of rotatable bonds is 5. The van der Waals surface area contributed by atoms with E-state index in [0.29, 0.717) is 11.8 Å². The predicted octanol–water partition coefficient (Wildman–Crippen LogP) is 4.35. The van der Waals surface area contributed by atoms with Gasteiger partial charge in [-0.25, -0.2) is 0 Å². The van der Waals surface area contributed by atoms with E-state index in [1.54, 1.807) is 0 Å². The summed E-state index contributed by atoms with van der Waals surface area (Å²) in [4.78, 5) is 13.9. The summed E-state index contributed by atoms with van der Waals surface area (Å²) in [7, 11) is 0. The van der Waals surface area contributed by atoms with Crippen molar-refractivity contribution in [3.63, 3.8) is 0 Å². The number of hydrogen-bond donors (Lipinski definition) is 0. The van der Waals surface area contributed by atoms with Crippen molar-refractivity contribution >= 4 is 5.97 Å². The van der Waals surface area contributed by atoms with Crippen LogP contribution in [0.2, 0.25) is 0 Å². The van der Waals surface area contributed by atoms with Crippen LogP contribution in [0.4, 0.5) is 0 Å².